The maximum atomic E-state index is 11.3. The molecule has 0 saturated carbocycles. The third-order valence-corrected chi connectivity index (χ3v) is 2.81. The predicted molar refractivity (Wildman–Crippen MR) is 67.9 cm³/mol. The van der Waals surface area contributed by atoms with Crippen LogP contribution >= 0.6 is 0 Å². The number of benzene rings is 1. The Morgan fingerprint density at radius 2 is 2.17 bits per heavy atom. The third-order valence-electron chi connectivity index (χ3n) is 2.81. The Labute approximate surface area is 104 Å². The number of carbonyl (C=O) groups is 1. The monoisotopic (exact) mass is 246 g/mol. The molecule has 0 unspecified atom stereocenters. The Kier molecular flexibility index (Phi) is 3.16. The molecule has 0 saturated heterocycles. The molecular formula is C13H14N2O3. The van der Waals surface area contributed by atoms with E-state index in [-0.39, 0.29) is 12.1 Å². The molecule has 2 rings (SSSR count). The maximum Gasteiger partial charge on any atom is 0.336 e. The van der Waals surface area contributed by atoms with Gasteiger partial charge in [0.1, 0.15) is 5.75 Å². The highest BCUT2D eigenvalue weighted by atomic mass is 16.5. The fourth-order valence-corrected chi connectivity index (χ4v) is 1.92. The molecule has 5 heteroatoms. The zero-order valence-corrected chi connectivity index (χ0v) is 10.2. The van der Waals surface area contributed by atoms with Crippen LogP contribution in [0.25, 0.3) is 10.9 Å². The molecule has 18 heavy (non-hydrogen) atoms. The van der Waals surface area contributed by atoms with Crippen molar-refractivity contribution in [2.45, 2.75) is 13.5 Å². The topological polar surface area (TPSA) is 85.4 Å². The number of nitrogens with zero attached hydrogens (tertiary/aromatic N) is 1. The Hall–Kier alpha value is -2.14. The number of aryl methyl sites for hydroxylation is 1. The van der Waals surface area contributed by atoms with Gasteiger partial charge in [-0.25, -0.2) is 4.79 Å². The molecule has 0 fully saturated rings. The molecule has 0 aliphatic carbocycles. The molecule has 0 atom stereocenters. The van der Waals surface area contributed by atoms with Gasteiger partial charge in [0.05, 0.1) is 23.9 Å². The van der Waals surface area contributed by atoms with Crippen LogP contribution in [0.3, 0.4) is 0 Å². The van der Waals surface area contributed by atoms with Gasteiger partial charge in [-0.1, -0.05) is 0 Å². The van der Waals surface area contributed by atoms with Crippen molar-refractivity contribution < 1.29 is 14.6 Å². The molecule has 0 aliphatic rings. The van der Waals surface area contributed by atoms with E-state index in [0.717, 1.165) is 5.56 Å². The van der Waals surface area contributed by atoms with Gasteiger partial charge < -0.3 is 15.6 Å². The van der Waals surface area contributed by atoms with Crippen molar-refractivity contribution in [2.75, 3.05) is 7.11 Å². The van der Waals surface area contributed by atoms with E-state index in [4.69, 9.17) is 10.5 Å². The number of nitrogens with two attached hydrogens (primary N) is 1. The summed E-state index contributed by atoms with van der Waals surface area (Å²) in [6.45, 7) is 2.07. The lowest BCUT2D eigenvalue weighted by Crippen LogP contribution is -2.06. The number of rotatable bonds is 3. The Morgan fingerprint density at radius 1 is 1.44 bits per heavy atom. The molecule has 5 nitrogen and oxygen atoms in total. The van der Waals surface area contributed by atoms with Crippen LogP contribution in [0, 0.1) is 6.92 Å². The number of pyridine rings is 1. The van der Waals surface area contributed by atoms with Crippen LogP contribution in [0.15, 0.2) is 18.2 Å². The summed E-state index contributed by atoms with van der Waals surface area (Å²) in [6.07, 6.45) is 0. The van der Waals surface area contributed by atoms with Crippen LogP contribution in [0.5, 0.6) is 5.75 Å². The van der Waals surface area contributed by atoms with Gasteiger partial charge in [-0.05, 0) is 30.7 Å². The zero-order chi connectivity index (χ0) is 13.3. The second kappa shape index (κ2) is 4.62. The minimum absolute atomic E-state index is 0.197. The minimum atomic E-state index is -0.996. The Bertz CT molecular complexity index is 623. The second-order valence-corrected chi connectivity index (χ2v) is 4.01. The van der Waals surface area contributed by atoms with E-state index in [1.54, 1.807) is 13.2 Å². The van der Waals surface area contributed by atoms with Crippen LogP contribution in [0.1, 0.15) is 21.6 Å². The smallest absolute Gasteiger partial charge is 0.336 e. The van der Waals surface area contributed by atoms with E-state index in [9.17, 15) is 9.90 Å². The van der Waals surface area contributed by atoms with Crippen molar-refractivity contribution in [3.8, 4) is 5.75 Å². The van der Waals surface area contributed by atoms with Gasteiger partial charge in [0, 0.05) is 11.9 Å². The minimum Gasteiger partial charge on any atom is -0.497 e. The first-order chi connectivity index (χ1) is 8.56. The summed E-state index contributed by atoms with van der Waals surface area (Å²) in [5.74, 6) is -0.380. The fraction of sp³-hybridized carbons (Fsp3) is 0.231. The van der Waals surface area contributed by atoms with Crippen molar-refractivity contribution in [1.29, 1.82) is 0 Å². The maximum absolute atomic E-state index is 11.3. The van der Waals surface area contributed by atoms with Crippen LogP contribution in [-0.2, 0) is 6.54 Å². The summed E-state index contributed by atoms with van der Waals surface area (Å²) < 4.78 is 5.15. The van der Waals surface area contributed by atoms with E-state index in [2.05, 4.69) is 4.98 Å². The van der Waals surface area contributed by atoms with Gasteiger partial charge in [-0.15, -0.1) is 0 Å². The van der Waals surface area contributed by atoms with Gasteiger partial charge in [0.15, 0.2) is 0 Å². The van der Waals surface area contributed by atoms with E-state index in [0.29, 0.717) is 22.3 Å². The SMILES string of the molecule is COc1cc(C)c2nc(CN)cc(C(=O)O)c2c1. The van der Waals surface area contributed by atoms with Gasteiger partial charge in [0.25, 0.3) is 0 Å². The van der Waals surface area contributed by atoms with Crippen LogP contribution < -0.4 is 10.5 Å². The summed E-state index contributed by atoms with van der Waals surface area (Å²) >= 11 is 0. The average molecular weight is 246 g/mol. The summed E-state index contributed by atoms with van der Waals surface area (Å²) in [5.41, 5.74) is 7.81. The van der Waals surface area contributed by atoms with Crippen molar-refractivity contribution >= 4 is 16.9 Å². The van der Waals surface area contributed by atoms with E-state index in [1.807, 2.05) is 13.0 Å². The first-order valence-corrected chi connectivity index (χ1v) is 5.48. The summed E-state index contributed by atoms with van der Waals surface area (Å²) in [4.78, 5) is 15.7. The highest BCUT2D eigenvalue weighted by Gasteiger charge is 2.14. The first kappa shape index (κ1) is 12.3. The standard InChI is InChI=1S/C13H14N2O3/c1-7-3-9(18-2)5-10-11(13(16)17)4-8(6-14)15-12(7)10/h3-5H,6,14H2,1-2H3,(H,16,17). The average Bonchev–Trinajstić information content (AvgIpc) is 2.37. The van der Waals surface area contributed by atoms with Crippen molar-refractivity contribution in [1.82, 2.24) is 4.98 Å². The normalized spacial score (nSPS) is 10.6. The predicted octanol–water partition coefficient (Wildman–Crippen LogP) is 1.71. The number of aromatic nitrogens is 1. The number of fused-ring (bicyclic) bond motifs is 1. The number of carboxylic acids is 1. The van der Waals surface area contributed by atoms with E-state index >= 15 is 0 Å². The molecule has 2 aromatic rings. The first-order valence-electron chi connectivity index (χ1n) is 5.48. The van der Waals surface area contributed by atoms with E-state index < -0.39 is 5.97 Å². The molecular weight excluding hydrogens is 232 g/mol. The lowest BCUT2D eigenvalue weighted by molar-refractivity contribution is 0.0699. The molecule has 0 spiro atoms. The molecule has 0 radical (unpaired) electrons. The fourth-order valence-electron chi connectivity index (χ4n) is 1.92. The number of hydrogen-bond acceptors (Lipinski definition) is 4. The van der Waals surface area contributed by atoms with Crippen molar-refractivity contribution in [2.24, 2.45) is 5.73 Å². The molecule has 1 aromatic carbocycles. The number of methoxy groups -OCH3 is 1. The summed E-state index contributed by atoms with van der Waals surface area (Å²) in [5, 5.41) is 9.81. The molecule has 0 bridgehead atoms. The lowest BCUT2D eigenvalue weighted by atomic mass is 10.0. The molecule has 94 valence electrons. The highest BCUT2D eigenvalue weighted by molar-refractivity contribution is 6.03. The van der Waals surface area contributed by atoms with Crippen LogP contribution in [-0.4, -0.2) is 23.2 Å². The largest absolute Gasteiger partial charge is 0.497 e. The van der Waals surface area contributed by atoms with Gasteiger partial charge in [0.2, 0.25) is 0 Å². The van der Waals surface area contributed by atoms with Gasteiger partial charge >= 0.3 is 5.97 Å². The number of aromatic carboxylic acids is 1. The van der Waals surface area contributed by atoms with Crippen LogP contribution in [0.2, 0.25) is 0 Å². The summed E-state index contributed by atoms with van der Waals surface area (Å²) in [6, 6.07) is 5.00. The van der Waals surface area contributed by atoms with Gasteiger partial charge in [-0.2, -0.15) is 0 Å². The van der Waals surface area contributed by atoms with Gasteiger partial charge in [-0.3, -0.25) is 4.98 Å². The molecule has 3 N–H and O–H groups in total. The quantitative estimate of drug-likeness (QED) is 0.861. The van der Waals surface area contributed by atoms with Crippen molar-refractivity contribution in [3.05, 3.63) is 35.0 Å². The molecule has 0 aliphatic heterocycles. The molecule has 0 amide bonds. The molecule has 1 heterocycles. The second-order valence-electron chi connectivity index (χ2n) is 4.01. The Balaban J connectivity index is 2.86. The highest BCUT2D eigenvalue weighted by Crippen LogP contribution is 2.27. The van der Waals surface area contributed by atoms with Crippen molar-refractivity contribution in [3.63, 3.8) is 0 Å². The zero-order valence-electron chi connectivity index (χ0n) is 10.2. The third kappa shape index (κ3) is 2.00. The summed E-state index contributed by atoms with van der Waals surface area (Å²) in [7, 11) is 1.54. The van der Waals surface area contributed by atoms with Crippen LogP contribution in [0.4, 0.5) is 0 Å². The lowest BCUT2D eigenvalue weighted by Gasteiger charge is -2.10. The number of hydrogen-bond donors (Lipinski definition) is 2. The number of ether oxygens (including phenoxy) is 1. The molecule has 1 aromatic heterocycles. The number of carboxylic acid groups (broad SMARTS) is 1. The Morgan fingerprint density at radius 3 is 2.72 bits per heavy atom. The van der Waals surface area contributed by atoms with E-state index in [1.165, 1.54) is 6.07 Å².